The van der Waals surface area contributed by atoms with Gasteiger partial charge in [-0.05, 0) is 12.1 Å². The highest BCUT2D eigenvalue weighted by Gasteiger charge is 2.19. The normalized spacial score (nSPS) is 18.2. The highest BCUT2D eigenvalue weighted by atomic mass is 16.6. The molecule has 2 rings (SSSR count). The Hall–Kier alpha value is -1.66. The maximum absolute atomic E-state index is 5.72. The lowest BCUT2D eigenvalue weighted by Crippen LogP contribution is -2.38. The smallest absolute Gasteiger partial charge is 0.161 e. The van der Waals surface area contributed by atoms with E-state index >= 15 is 0 Å². The fraction of sp³-hybridized carbons (Fsp3) is 0.333. The number of rotatable bonds is 3. The van der Waals surface area contributed by atoms with Gasteiger partial charge >= 0.3 is 0 Å². The first-order valence-corrected chi connectivity index (χ1v) is 4.93. The minimum absolute atomic E-state index is 0.0354. The summed E-state index contributed by atoms with van der Waals surface area (Å²) in [4.78, 5) is 0. The molecule has 3 nitrogen and oxygen atoms in total. The summed E-state index contributed by atoms with van der Waals surface area (Å²) < 4.78 is 11.3. The molecule has 0 spiro atoms. The molecule has 0 saturated heterocycles. The van der Waals surface area contributed by atoms with Crippen LogP contribution in [-0.4, -0.2) is 25.8 Å². The maximum atomic E-state index is 5.72. The zero-order valence-corrected chi connectivity index (χ0v) is 8.40. The van der Waals surface area contributed by atoms with Crippen molar-refractivity contribution in [3.63, 3.8) is 0 Å². The van der Waals surface area contributed by atoms with Gasteiger partial charge < -0.3 is 14.8 Å². The van der Waals surface area contributed by atoms with Crippen molar-refractivity contribution < 1.29 is 9.47 Å². The summed E-state index contributed by atoms with van der Waals surface area (Å²) in [6.07, 6.45) is 5.17. The van der Waals surface area contributed by atoms with Crippen LogP contribution in [0.1, 0.15) is 0 Å². The number of hydrogen-bond donors (Lipinski definition) is 1. The number of para-hydroxylation sites is 2. The van der Waals surface area contributed by atoms with E-state index in [-0.39, 0.29) is 6.10 Å². The second-order valence-electron chi connectivity index (χ2n) is 3.33. The number of hydrogen-bond acceptors (Lipinski definition) is 3. The van der Waals surface area contributed by atoms with Gasteiger partial charge in [-0.3, -0.25) is 0 Å². The average Bonchev–Trinajstić information content (AvgIpc) is 2.29. The second-order valence-corrected chi connectivity index (χ2v) is 3.33. The molecule has 1 heterocycles. The monoisotopic (exact) mass is 203 g/mol. The van der Waals surface area contributed by atoms with Crippen molar-refractivity contribution >= 4 is 0 Å². The van der Waals surface area contributed by atoms with Gasteiger partial charge in [0.1, 0.15) is 12.7 Å². The van der Waals surface area contributed by atoms with Crippen molar-refractivity contribution in [1.82, 2.24) is 5.32 Å². The minimum atomic E-state index is 0.0354. The molecule has 1 atom stereocenters. The summed E-state index contributed by atoms with van der Waals surface area (Å²) in [5, 5.41) is 3.09. The zero-order valence-electron chi connectivity index (χ0n) is 8.40. The van der Waals surface area contributed by atoms with Crippen LogP contribution in [-0.2, 0) is 0 Å². The van der Waals surface area contributed by atoms with E-state index < -0.39 is 0 Å². The molecule has 0 amide bonds. The van der Waals surface area contributed by atoms with E-state index in [4.69, 9.17) is 15.9 Å². The predicted molar refractivity (Wildman–Crippen MR) is 58.1 cm³/mol. The van der Waals surface area contributed by atoms with Gasteiger partial charge in [0.2, 0.25) is 0 Å². The van der Waals surface area contributed by atoms with Crippen molar-refractivity contribution in [3.05, 3.63) is 24.3 Å². The zero-order chi connectivity index (χ0) is 10.5. The van der Waals surface area contributed by atoms with Crippen molar-refractivity contribution in [3.8, 4) is 23.8 Å². The van der Waals surface area contributed by atoms with Crippen LogP contribution < -0.4 is 14.8 Å². The molecule has 0 saturated carbocycles. The van der Waals surface area contributed by atoms with Crippen molar-refractivity contribution in [2.75, 3.05) is 19.7 Å². The van der Waals surface area contributed by atoms with E-state index in [1.54, 1.807) is 0 Å². The van der Waals surface area contributed by atoms with Crippen molar-refractivity contribution in [2.24, 2.45) is 0 Å². The molecule has 0 aliphatic carbocycles. The fourth-order valence-electron chi connectivity index (χ4n) is 1.47. The summed E-state index contributed by atoms with van der Waals surface area (Å²) in [5.74, 6) is 4.13. The Labute approximate surface area is 89.4 Å². The third-order valence-electron chi connectivity index (χ3n) is 2.17. The molecule has 0 bridgehead atoms. The van der Waals surface area contributed by atoms with Gasteiger partial charge in [0.15, 0.2) is 11.5 Å². The molecular formula is C12H13NO2. The predicted octanol–water partition coefficient (Wildman–Crippen LogP) is 1.05. The highest BCUT2D eigenvalue weighted by molar-refractivity contribution is 5.40. The van der Waals surface area contributed by atoms with Crippen LogP contribution in [0.3, 0.4) is 0 Å². The minimum Gasteiger partial charge on any atom is -0.486 e. The Bertz CT molecular complexity index is 370. The highest BCUT2D eigenvalue weighted by Crippen LogP contribution is 2.30. The summed E-state index contributed by atoms with van der Waals surface area (Å²) in [6, 6.07) is 7.67. The maximum Gasteiger partial charge on any atom is 0.161 e. The molecule has 3 heteroatoms. The first-order chi connectivity index (χ1) is 7.40. The Balaban J connectivity index is 1.92. The van der Waals surface area contributed by atoms with Gasteiger partial charge in [0.25, 0.3) is 0 Å². The number of benzene rings is 1. The SMILES string of the molecule is C#CCNCC1COc2ccccc2O1. The molecule has 78 valence electrons. The lowest BCUT2D eigenvalue weighted by Gasteiger charge is -2.26. The average molecular weight is 203 g/mol. The molecule has 0 aromatic heterocycles. The van der Waals surface area contributed by atoms with Crippen LogP contribution in [0.25, 0.3) is 0 Å². The topological polar surface area (TPSA) is 30.5 Å². The van der Waals surface area contributed by atoms with E-state index in [1.165, 1.54) is 0 Å². The van der Waals surface area contributed by atoms with Crippen LogP contribution in [0.4, 0.5) is 0 Å². The molecule has 0 radical (unpaired) electrons. The van der Waals surface area contributed by atoms with Crippen LogP contribution >= 0.6 is 0 Å². The Morgan fingerprint density at radius 3 is 3.00 bits per heavy atom. The van der Waals surface area contributed by atoms with Crippen molar-refractivity contribution in [2.45, 2.75) is 6.10 Å². The van der Waals surface area contributed by atoms with E-state index in [1.807, 2.05) is 24.3 Å². The molecule has 1 N–H and O–H groups in total. The van der Waals surface area contributed by atoms with E-state index in [0.717, 1.165) is 11.5 Å². The molecular weight excluding hydrogens is 190 g/mol. The Morgan fingerprint density at radius 1 is 1.40 bits per heavy atom. The van der Waals surface area contributed by atoms with E-state index in [0.29, 0.717) is 19.7 Å². The third kappa shape index (κ3) is 2.42. The van der Waals surface area contributed by atoms with Crippen LogP contribution in [0.15, 0.2) is 24.3 Å². The van der Waals surface area contributed by atoms with E-state index in [9.17, 15) is 0 Å². The second kappa shape index (κ2) is 4.72. The Kier molecular flexibility index (Phi) is 3.11. The quantitative estimate of drug-likeness (QED) is 0.588. The number of ether oxygens (including phenoxy) is 2. The van der Waals surface area contributed by atoms with E-state index in [2.05, 4.69) is 11.2 Å². The van der Waals surface area contributed by atoms with Gasteiger partial charge in [0.05, 0.1) is 6.54 Å². The van der Waals surface area contributed by atoms with Gasteiger partial charge in [-0.1, -0.05) is 18.1 Å². The van der Waals surface area contributed by atoms with Gasteiger partial charge in [-0.15, -0.1) is 6.42 Å². The van der Waals surface area contributed by atoms with Gasteiger partial charge in [-0.2, -0.15) is 0 Å². The van der Waals surface area contributed by atoms with Crippen LogP contribution in [0.2, 0.25) is 0 Å². The molecule has 15 heavy (non-hydrogen) atoms. The summed E-state index contributed by atoms with van der Waals surface area (Å²) in [5.41, 5.74) is 0. The summed E-state index contributed by atoms with van der Waals surface area (Å²) in [6.45, 7) is 1.83. The Morgan fingerprint density at radius 2 is 2.20 bits per heavy atom. The van der Waals surface area contributed by atoms with Gasteiger partial charge in [-0.25, -0.2) is 0 Å². The summed E-state index contributed by atoms with van der Waals surface area (Å²) in [7, 11) is 0. The van der Waals surface area contributed by atoms with Crippen LogP contribution in [0.5, 0.6) is 11.5 Å². The number of terminal acetylenes is 1. The molecule has 1 unspecified atom stereocenters. The van der Waals surface area contributed by atoms with Crippen molar-refractivity contribution in [1.29, 1.82) is 0 Å². The molecule has 1 aromatic carbocycles. The first-order valence-electron chi connectivity index (χ1n) is 4.93. The van der Waals surface area contributed by atoms with Crippen LogP contribution in [0, 0.1) is 12.3 Å². The first kappa shape index (κ1) is 9.88. The third-order valence-corrected chi connectivity index (χ3v) is 2.17. The lowest BCUT2D eigenvalue weighted by molar-refractivity contribution is 0.0913. The molecule has 0 fully saturated rings. The molecule has 1 aliphatic heterocycles. The fourth-order valence-corrected chi connectivity index (χ4v) is 1.47. The molecule has 1 aliphatic rings. The largest absolute Gasteiger partial charge is 0.486 e. The summed E-state index contributed by atoms with van der Waals surface area (Å²) >= 11 is 0. The number of nitrogens with one attached hydrogen (secondary N) is 1. The number of fused-ring (bicyclic) bond motifs is 1. The lowest BCUT2D eigenvalue weighted by atomic mass is 10.2. The standard InChI is InChI=1S/C12H13NO2/c1-2-7-13-8-10-9-14-11-5-3-4-6-12(11)15-10/h1,3-6,10,13H,7-9H2. The van der Waals surface area contributed by atoms with Gasteiger partial charge in [0, 0.05) is 6.54 Å². The molecule has 1 aromatic rings.